The van der Waals surface area contributed by atoms with Crippen molar-refractivity contribution in [3.63, 3.8) is 0 Å². The largest absolute Gasteiger partial charge is 0.464 e. The summed E-state index contributed by atoms with van der Waals surface area (Å²) in [7, 11) is -3.44. The summed E-state index contributed by atoms with van der Waals surface area (Å²) in [6, 6.07) is -0.137. The fourth-order valence-corrected chi connectivity index (χ4v) is 5.52. The lowest BCUT2D eigenvalue weighted by atomic mass is 9.97. The van der Waals surface area contributed by atoms with E-state index in [1.165, 1.54) is 0 Å². The molecule has 0 radical (unpaired) electrons. The number of esters is 1. The van der Waals surface area contributed by atoms with E-state index in [0.717, 1.165) is 11.6 Å². The van der Waals surface area contributed by atoms with Crippen molar-refractivity contribution >= 4 is 28.5 Å². The molecule has 6 nitrogen and oxygen atoms in total. The number of rotatable bonds is 7. The van der Waals surface area contributed by atoms with Gasteiger partial charge in [0.05, 0.1) is 25.4 Å². The van der Waals surface area contributed by atoms with Crippen LogP contribution in [0.4, 0.5) is 4.79 Å². The highest BCUT2D eigenvalue weighted by molar-refractivity contribution is 6.76. The number of ether oxygens (including phenoxy) is 2. The number of hydrogen-bond acceptors (Lipinski definition) is 5. The molecular weight excluding hydrogens is 426 g/mol. The predicted molar refractivity (Wildman–Crippen MR) is 129 cm³/mol. The van der Waals surface area contributed by atoms with Gasteiger partial charge in [0, 0.05) is 14.5 Å². The highest BCUT2D eigenvalue weighted by atomic mass is 28.4. The van der Waals surface area contributed by atoms with Gasteiger partial charge >= 0.3 is 12.1 Å². The molecule has 0 aromatic heterocycles. The molecule has 0 bridgehead atoms. The Balaban J connectivity index is 2.31. The lowest BCUT2D eigenvalue weighted by molar-refractivity contribution is -0.148. The van der Waals surface area contributed by atoms with Gasteiger partial charge in [-0.15, -0.1) is 0 Å². The second kappa shape index (κ2) is 9.62. The van der Waals surface area contributed by atoms with E-state index in [-0.39, 0.29) is 29.8 Å². The van der Waals surface area contributed by atoms with E-state index in [0.29, 0.717) is 13.0 Å². The highest BCUT2D eigenvalue weighted by Crippen LogP contribution is 2.42. The van der Waals surface area contributed by atoms with Crippen molar-refractivity contribution in [1.29, 1.82) is 0 Å². The van der Waals surface area contributed by atoms with Crippen LogP contribution in [0.15, 0.2) is 23.8 Å². The van der Waals surface area contributed by atoms with E-state index in [4.69, 9.17) is 13.9 Å². The fraction of sp³-hybridized carbons (Fsp3) is 0.739. The van der Waals surface area contributed by atoms with E-state index in [2.05, 4.69) is 53.5 Å². The summed E-state index contributed by atoms with van der Waals surface area (Å²) in [5.74, 6) is -0.383. The first-order valence-electron chi connectivity index (χ1n) is 11.3. The summed E-state index contributed by atoms with van der Waals surface area (Å²) < 4.78 is 17.7. The van der Waals surface area contributed by atoms with Crippen LogP contribution in [-0.4, -0.2) is 64.8 Å². The molecule has 3 atom stereocenters. The molecule has 2 rings (SSSR count). The fourth-order valence-electron chi connectivity index (χ4n) is 3.56. The van der Waals surface area contributed by atoms with Crippen molar-refractivity contribution in [2.75, 3.05) is 13.2 Å². The maximum absolute atomic E-state index is 13.2. The minimum atomic E-state index is -2.10. The third-order valence-corrected chi connectivity index (χ3v) is 12.6. The Morgan fingerprint density at radius 3 is 2.32 bits per heavy atom. The van der Waals surface area contributed by atoms with E-state index < -0.39 is 28.5 Å². The number of allylic oxidation sites excluding steroid dienone is 2. The summed E-state index contributed by atoms with van der Waals surface area (Å²) in [5, 5.41) is 0.0317. The Kier molecular flexibility index (Phi) is 8.03. The number of carbonyl (C=O) groups excluding carboxylic acids is 2. The normalized spacial score (nSPS) is 24.0. The first-order valence-corrected chi connectivity index (χ1v) is 18.0. The highest BCUT2D eigenvalue weighted by Gasteiger charge is 2.51. The third kappa shape index (κ3) is 6.32. The van der Waals surface area contributed by atoms with Gasteiger partial charge in [-0.25, -0.2) is 9.59 Å². The average molecular weight is 468 g/mol. The van der Waals surface area contributed by atoms with Crippen LogP contribution >= 0.6 is 0 Å². The average Bonchev–Trinajstić information content (AvgIpc) is 3.00. The van der Waals surface area contributed by atoms with Crippen LogP contribution < -0.4 is 0 Å². The zero-order valence-corrected chi connectivity index (χ0v) is 22.8. The molecular formula is C23H41NO5Si2. The van der Waals surface area contributed by atoms with Crippen LogP contribution in [0.25, 0.3) is 0 Å². The smallest absolute Gasteiger partial charge is 0.411 e. The minimum Gasteiger partial charge on any atom is -0.464 e. The molecule has 0 aromatic carbocycles. The van der Waals surface area contributed by atoms with Gasteiger partial charge in [-0.3, -0.25) is 4.90 Å². The number of hydrogen-bond donors (Lipinski definition) is 0. The van der Waals surface area contributed by atoms with Crippen LogP contribution in [0.2, 0.25) is 43.8 Å². The number of nitrogens with zero attached hydrogens (tertiary/aromatic N) is 1. The predicted octanol–water partition coefficient (Wildman–Crippen LogP) is 5.35. The molecule has 1 saturated heterocycles. The summed E-state index contributed by atoms with van der Waals surface area (Å²) in [4.78, 5) is 27.6. The first-order chi connectivity index (χ1) is 14.2. The molecule has 176 valence electrons. The zero-order chi connectivity index (χ0) is 23.6. The van der Waals surface area contributed by atoms with Crippen molar-refractivity contribution in [3.8, 4) is 0 Å². The van der Waals surface area contributed by atoms with Crippen molar-refractivity contribution in [2.24, 2.45) is 0 Å². The quantitative estimate of drug-likeness (QED) is 0.373. The van der Waals surface area contributed by atoms with Crippen LogP contribution in [0.5, 0.6) is 0 Å². The van der Waals surface area contributed by atoms with Crippen molar-refractivity contribution in [3.05, 3.63) is 23.8 Å². The second-order valence-corrected chi connectivity index (χ2v) is 21.6. The lowest BCUT2D eigenvalue weighted by Crippen LogP contribution is -2.54. The zero-order valence-electron chi connectivity index (χ0n) is 20.8. The molecule has 1 fully saturated rings. The number of carbonyl (C=O) groups is 2. The van der Waals surface area contributed by atoms with E-state index >= 15 is 0 Å². The molecule has 8 heteroatoms. The van der Waals surface area contributed by atoms with E-state index in [1.807, 2.05) is 18.2 Å². The number of likely N-dealkylation sites (tertiary alicyclic amines) is 1. The van der Waals surface area contributed by atoms with Gasteiger partial charge in [0.25, 0.3) is 0 Å². The monoisotopic (exact) mass is 467 g/mol. The summed E-state index contributed by atoms with van der Waals surface area (Å²) in [6.45, 7) is 20.1. The Hall–Kier alpha value is -1.39. The summed E-state index contributed by atoms with van der Waals surface area (Å²) in [6.07, 6.45) is 5.68. The Morgan fingerprint density at radius 2 is 1.77 bits per heavy atom. The van der Waals surface area contributed by atoms with Crippen LogP contribution in [-0.2, 0) is 18.7 Å². The molecule has 1 heterocycles. The number of amides is 1. The maximum Gasteiger partial charge on any atom is 0.411 e. The lowest BCUT2D eigenvalue weighted by Gasteiger charge is -2.42. The SMILES string of the molecule is CCOC(=O)[C@H]1CC2=CC=C[C@H](O[Si](C)(C)C(C)(C)C)[C@H]2N1C(=O)OCC[Si](C)(C)C. The van der Waals surface area contributed by atoms with Crippen LogP contribution in [0, 0.1) is 0 Å². The van der Waals surface area contributed by atoms with Gasteiger partial charge in [-0.2, -0.15) is 0 Å². The van der Waals surface area contributed by atoms with Gasteiger partial charge in [-0.1, -0.05) is 58.6 Å². The van der Waals surface area contributed by atoms with Crippen molar-refractivity contribution < 1.29 is 23.5 Å². The molecule has 0 aromatic rings. The second-order valence-electron chi connectivity index (χ2n) is 11.2. The molecule has 0 unspecified atom stereocenters. The minimum absolute atomic E-state index is 0.0317. The molecule has 0 N–H and O–H groups in total. The Labute approximate surface area is 190 Å². The summed E-state index contributed by atoms with van der Waals surface area (Å²) >= 11 is 0. The standard InChI is InChI=1S/C23H41NO5Si2/c1-10-27-21(25)18-16-17-12-11-13-19(29-31(8,9)23(2,3)4)20(17)24(18)22(26)28-14-15-30(5,6)7/h11-13,18-20H,10,14-16H2,1-9H3/t18-,19+,20+/m1/s1. The van der Waals surface area contributed by atoms with Gasteiger partial charge in [0.1, 0.15) is 6.04 Å². The third-order valence-electron chi connectivity index (χ3n) is 6.45. The molecule has 1 aliphatic carbocycles. The summed E-state index contributed by atoms with van der Waals surface area (Å²) in [5.41, 5.74) is 1.02. The Bertz CT molecular complexity index is 733. The topological polar surface area (TPSA) is 65.1 Å². The van der Waals surface area contributed by atoms with E-state index in [9.17, 15) is 9.59 Å². The molecule has 1 aliphatic heterocycles. The first kappa shape index (κ1) is 25.9. The molecule has 0 saturated carbocycles. The Morgan fingerprint density at radius 1 is 1.13 bits per heavy atom. The van der Waals surface area contributed by atoms with Crippen molar-refractivity contribution in [2.45, 2.75) is 96.1 Å². The van der Waals surface area contributed by atoms with Gasteiger partial charge in [-0.05, 0) is 36.7 Å². The van der Waals surface area contributed by atoms with Crippen molar-refractivity contribution in [1.82, 2.24) is 4.90 Å². The van der Waals surface area contributed by atoms with Gasteiger partial charge < -0.3 is 13.9 Å². The van der Waals surface area contributed by atoms with Crippen LogP contribution in [0.3, 0.4) is 0 Å². The maximum atomic E-state index is 13.2. The van der Waals surface area contributed by atoms with Gasteiger partial charge in [0.2, 0.25) is 0 Å². The van der Waals surface area contributed by atoms with Crippen LogP contribution in [0.1, 0.15) is 34.1 Å². The molecule has 0 spiro atoms. The van der Waals surface area contributed by atoms with Gasteiger partial charge in [0.15, 0.2) is 8.32 Å². The molecule has 31 heavy (non-hydrogen) atoms. The number of fused-ring (bicyclic) bond motifs is 1. The molecule has 2 aliphatic rings. The van der Waals surface area contributed by atoms with E-state index in [1.54, 1.807) is 11.8 Å². The molecule has 1 amide bonds.